The number of primary sulfonamides is 1. The lowest BCUT2D eigenvalue weighted by atomic mass is 10.1. The van der Waals surface area contributed by atoms with Crippen molar-refractivity contribution in [3.63, 3.8) is 0 Å². The molecule has 0 spiro atoms. The third kappa shape index (κ3) is 7.01. The van der Waals surface area contributed by atoms with Crippen molar-refractivity contribution in [3.05, 3.63) is 57.6 Å². The second-order valence-electron chi connectivity index (χ2n) is 6.68. The van der Waals surface area contributed by atoms with Crippen molar-refractivity contribution in [1.29, 1.82) is 0 Å². The van der Waals surface area contributed by atoms with Crippen molar-refractivity contribution in [1.82, 2.24) is 5.32 Å². The molecule has 0 aromatic heterocycles. The molecule has 11 heteroatoms. The number of hydrogen-bond acceptors (Lipinski definition) is 7. The van der Waals surface area contributed by atoms with E-state index in [1.54, 1.807) is 0 Å². The fourth-order valence-electron chi connectivity index (χ4n) is 2.76. The van der Waals surface area contributed by atoms with Gasteiger partial charge in [0.1, 0.15) is 18.0 Å². The number of carbonyl (C=O) groups excluding carboxylic acids is 1. The van der Waals surface area contributed by atoms with Gasteiger partial charge < -0.3 is 15.4 Å². The number of anilines is 1. The fraction of sp³-hybridized carbons (Fsp3) is 0.316. The van der Waals surface area contributed by atoms with E-state index >= 15 is 0 Å². The minimum absolute atomic E-state index is 0.0671. The van der Waals surface area contributed by atoms with Crippen LogP contribution >= 0.6 is 0 Å². The van der Waals surface area contributed by atoms with Gasteiger partial charge in [-0.2, -0.15) is 0 Å². The number of hydrogen-bond donors (Lipinski definition) is 3. The lowest BCUT2D eigenvalue weighted by Gasteiger charge is -2.10. The average Bonchev–Trinajstić information content (AvgIpc) is 2.63. The molecule has 0 saturated carbocycles. The maximum atomic E-state index is 11.9. The molecule has 1 amide bonds. The molecule has 0 aliphatic carbocycles. The third-order valence-corrected chi connectivity index (χ3v) is 4.96. The minimum Gasteiger partial charge on any atom is -0.492 e. The van der Waals surface area contributed by atoms with Gasteiger partial charge in [0, 0.05) is 19.0 Å². The van der Waals surface area contributed by atoms with Crippen LogP contribution in [0, 0.1) is 24.0 Å². The van der Waals surface area contributed by atoms with Gasteiger partial charge in [-0.25, -0.2) is 13.6 Å². The topological polar surface area (TPSA) is 154 Å². The summed E-state index contributed by atoms with van der Waals surface area (Å²) in [5.41, 5.74) is 1.83. The molecule has 4 N–H and O–H groups in total. The number of sulfonamides is 1. The largest absolute Gasteiger partial charge is 0.492 e. The summed E-state index contributed by atoms with van der Waals surface area (Å²) in [4.78, 5) is 22.0. The summed E-state index contributed by atoms with van der Waals surface area (Å²) < 4.78 is 28.3. The molecule has 10 nitrogen and oxygen atoms in total. The first kappa shape index (κ1) is 23.1. The van der Waals surface area contributed by atoms with Crippen LogP contribution in [-0.2, 0) is 14.8 Å². The molecule has 0 bridgehead atoms. The molecular weight excluding hydrogens is 412 g/mol. The van der Waals surface area contributed by atoms with E-state index in [0.29, 0.717) is 13.2 Å². The molecule has 2 aromatic carbocycles. The van der Waals surface area contributed by atoms with Crippen LogP contribution in [0.1, 0.15) is 17.5 Å². The third-order valence-electron chi connectivity index (χ3n) is 4.05. The second-order valence-corrected chi connectivity index (χ2v) is 8.24. The van der Waals surface area contributed by atoms with E-state index in [4.69, 9.17) is 9.88 Å². The zero-order valence-corrected chi connectivity index (χ0v) is 17.5. The first-order valence-electron chi connectivity index (χ1n) is 9.09. The molecule has 0 saturated heterocycles. The van der Waals surface area contributed by atoms with Gasteiger partial charge in [0.15, 0.2) is 0 Å². The van der Waals surface area contributed by atoms with Crippen molar-refractivity contribution in [2.75, 3.05) is 25.0 Å². The van der Waals surface area contributed by atoms with Gasteiger partial charge in [-0.05, 0) is 49.2 Å². The van der Waals surface area contributed by atoms with Crippen LogP contribution in [0.4, 0.5) is 11.4 Å². The van der Waals surface area contributed by atoms with E-state index in [0.717, 1.165) is 29.0 Å². The van der Waals surface area contributed by atoms with Gasteiger partial charge in [0.25, 0.3) is 5.69 Å². The number of aryl methyl sites for hydroxylation is 2. The van der Waals surface area contributed by atoms with Gasteiger partial charge in [-0.3, -0.25) is 14.9 Å². The van der Waals surface area contributed by atoms with Crippen LogP contribution in [0.5, 0.6) is 5.75 Å². The predicted molar refractivity (Wildman–Crippen MR) is 112 cm³/mol. The Kier molecular flexibility index (Phi) is 7.72. The van der Waals surface area contributed by atoms with E-state index in [1.165, 1.54) is 6.07 Å². The highest BCUT2D eigenvalue weighted by molar-refractivity contribution is 7.89. The highest BCUT2D eigenvalue weighted by atomic mass is 32.2. The van der Waals surface area contributed by atoms with Crippen LogP contribution < -0.4 is 20.5 Å². The Balaban J connectivity index is 1.79. The molecule has 2 rings (SSSR count). The molecular formula is C19H24N4O6S. The predicted octanol–water partition coefficient (Wildman–Crippen LogP) is 1.86. The first-order valence-corrected chi connectivity index (χ1v) is 10.6. The number of benzene rings is 2. The van der Waals surface area contributed by atoms with Gasteiger partial charge in [0.05, 0.1) is 16.4 Å². The van der Waals surface area contributed by atoms with Crippen molar-refractivity contribution in [3.8, 4) is 5.75 Å². The highest BCUT2D eigenvalue weighted by Crippen LogP contribution is 2.27. The summed E-state index contributed by atoms with van der Waals surface area (Å²) in [6.45, 7) is 4.69. The van der Waals surface area contributed by atoms with Gasteiger partial charge in [-0.1, -0.05) is 6.07 Å². The van der Waals surface area contributed by atoms with Gasteiger partial charge in [-0.15, -0.1) is 0 Å². The number of amides is 1. The Hall–Kier alpha value is -3.18. The molecule has 30 heavy (non-hydrogen) atoms. The quantitative estimate of drug-likeness (QED) is 0.292. The van der Waals surface area contributed by atoms with Crippen LogP contribution in [0.25, 0.3) is 0 Å². The number of ether oxygens (including phenoxy) is 1. The summed E-state index contributed by atoms with van der Waals surface area (Å²) in [6.07, 6.45) is 0.0671. The molecule has 0 heterocycles. The number of carbonyl (C=O) groups is 1. The number of nitrogens with two attached hydrogens (primary N) is 1. The number of nitro benzene ring substituents is 1. The highest BCUT2D eigenvalue weighted by Gasteiger charge is 2.19. The van der Waals surface area contributed by atoms with E-state index in [1.807, 2.05) is 32.0 Å². The lowest BCUT2D eigenvalue weighted by Crippen LogP contribution is -2.29. The summed E-state index contributed by atoms with van der Waals surface area (Å²) in [6, 6.07) is 9.14. The summed E-state index contributed by atoms with van der Waals surface area (Å²) in [7, 11) is -4.06. The molecule has 0 aliphatic heterocycles. The summed E-state index contributed by atoms with van der Waals surface area (Å²) in [5.74, 6) is 0.481. The van der Waals surface area contributed by atoms with Gasteiger partial charge >= 0.3 is 0 Å². The number of rotatable bonds is 10. The number of nitro groups is 1. The smallest absolute Gasteiger partial charge is 0.293 e. The standard InChI is InChI=1S/C19H24N4O6S/c1-13-9-14(2)11-15(10-13)29-8-7-22-19(24)5-6-21-17-4-3-16(30(20,27)28)12-18(17)23(25)26/h3-4,9-12,21H,5-8H2,1-2H3,(H,22,24)(H2,20,27,28). The van der Waals surface area contributed by atoms with Crippen molar-refractivity contribution in [2.24, 2.45) is 5.14 Å². The van der Waals surface area contributed by atoms with Crippen LogP contribution in [0.3, 0.4) is 0 Å². The molecule has 0 unspecified atom stereocenters. The maximum Gasteiger partial charge on any atom is 0.293 e. The van der Waals surface area contributed by atoms with Crippen molar-refractivity contribution >= 4 is 27.3 Å². The number of nitrogens with zero attached hydrogens (tertiary/aromatic N) is 1. The van der Waals surface area contributed by atoms with Gasteiger partial charge in [0.2, 0.25) is 15.9 Å². The zero-order valence-electron chi connectivity index (χ0n) is 16.7. The van der Waals surface area contributed by atoms with Crippen molar-refractivity contribution < 1.29 is 22.9 Å². The molecule has 0 aliphatic rings. The Bertz CT molecular complexity index is 1020. The molecule has 2 aromatic rings. The summed E-state index contributed by atoms with van der Waals surface area (Å²) in [5, 5.41) is 21.6. The average molecular weight is 436 g/mol. The first-order chi connectivity index (χ1) is 14.1. The van der Waals surface area contributed by atoms with Crippen LogP contribution in [0.15, 0.2) is 41.3 Å². The number of nitrogens with one attached hydrogen (secondary N) is 2. The van der Waals surface area contributed by atoms with Crippen LogP contribution in [-0.4, -0.2) is 38.9 Å². The van der Waals surface area contributed by atoms with E-state index in [9.17, 15) is 23.3 Å². The second kappa shape index (κ2) is 10.0. The van der Waals surface area contributed by atoms with E-state index in [2.05, 4.69) is 10.6 Å². The Labute approximate surface area is 174 Å². The monoisotopic (exact) mass is 436 g/mol. The SMILES string of the molecule is Cc1cc(C)cc(OCCNC(=O)CCNc2ccc(S(N)(=O)=O)cc2[N+](=O)[O-])c1. The Morgan fingerprint density at radius 3 is 2.40 bits per heavy atom. The lowest BCUT2D eigenvalue weighted by molar-refractivity contribution is -0.384. The van der Waals surface area contributed by atoms with Crippen molar-refractivity contribution in [2.45, 2.75) is 25.2 Å². The molecule has 0 atom stereocenters. The minimum atomic E-state index is -4.06. The van der Waals surface area contributed by atoms with E-state index in [-0.39, 0.29) is 29.5 Å². The van der Waals surface area contributed by atoms with Crippen LogP contribution in [0.2, 0.25) is 0 Å². The van der Waals surface area contributed by atoms with E-state index < -0.39 is 20.6 Å². The normalized spacial score (nSPS) is 11.0. The maximum absolute atomic E-state index is 11.9. The molecule has 0 radical (unpaired) electrons. The molecule has 0 fully saturated rings. The molecule has 162 valence electrons. The fourth-order valence-corrected chi connectivity index (χ4v) is 3.30. The Morgan fingerprint density at radius 1 is 1.13 bits per heavy atom. The zero-order chi connectivity index (χ0) is 22.3. The Morgan fingerprint density at radius 2 is 1.80 bits per heavy atom. The summed E-state index contributed by atoms with van der Waals surface area (Å²) >= 11 is 0.